The topological polar surface area (TPSA) is 75.4 Å². The highest BCUT2D eigenvalue weighted by atomic mass is 79.9. The lowest BCUT2D eigenvalue weighted by Gasteiger charge is -2.48. The van der Waals surface area contributed by atoms with Crippen LogP contribution in [0.25, 0.3) is 0 Å². The fourth-order valence-electron chi connectivity index (χ4n) is 3.31. The molecule has 0 bridgehead atoms. The van der Waals surface area contributed by atoms with Gasteiger partial charge in [-0.3, -0.25) is 4.90 Å². The first-order chi connectivity index (χ1) is 12.4. The number of nitrogens with one attached hydrogen (secondary N) is 1. The highest BCUT2D eigenvalue weighted by Crippen LogP contribution is 2.34. The smallest absolute Gasteiger partial charge is 0.242 e. The van der Waals surface area contributed by atoms with E-state index < -0.39 is 10.0 Å². The Morgan fingerprint density at radius 3 is 2.58 bits per heavy atom. The summed E-state index contributed by atoms with van der Waals surface area (Å²) in [5.74, 6) is 0.277. The van der Waals surface area contributed by atoms with Crippen LogP contribution in [0.2, 0.25) is 0 Å². The zero-order chi connectivity index (χ0) is 18.7. The summed E-state index contributed by atoms with van der Waals surface area (Å²) in [6.45, 7) is 5.73. The maximum atomic E-state index is 12.6. The van der Waals surface area contributed by atoms with Crippen molar-refractivity contribution in [2.45, 2.75) is 16.9 Å². The Kier molecular flexibility index (Phi) is 5.82. The molecule has 1 fully saturated rings. The molecule has 0 spiro atoms. The van der Waals surface area contributed by atoms with Crippen molar-refractivity contribution in [3.8, 4) is 0 Å². The molecule has 0 radical (unpaired) electrons. The lowest BCUT2D eigenvalue weighted by atomic mass is 9.82. The molecule has 3 N–H and O–H groups in total. The number of hydrogen-bond donors (Lipinski definition) is 2. The highest BCUT2D eigenvalue weighted by molar-refractivity contribution is 9.10. The number of para-hydroxylation sites is 1. The van der Waals surface area contributed by atoms with Crippen LogP contribution >= 0.6 is 15.9 Å². The largest absolute Gasteiger partial charge is 0.398 e. The van der Waals surface area contributed by atoms with Crippen LogP contribution in [0, 0.1) is 0 Å². The minimum atomic E-state index is -3.65. The fraction of sp³-hybridized carbons (Fsp3) is 0.263. The molecular weight excluding hydrogens is 414 g/mol. The predicted octanol–water partition coefficient (Wildman–Crippen LogP) is 2.96. The van der Waals surface area contributed by atoms with E-state index >= 15 is 0 Å². The number of nitrogens with two attached hydrogens (primary N) is 1. The van der Waals surface area contributed by atoms with E-state index in [1.807, 2.05) is 18.2 Å². The van der Waals surface area contributed by atoms with Crippen molar-refractivity contribution in [2.75, 3.05) is 25.4 Å². The third kappa shape index (κ3) is 4.01. The van der Waals surface area contributed by atoms with Crippen molar-refractivity contribution in [3.63, 3.8) is 0 Å². The molecule has 138 valence electrons. The van der Waals surface area contributed by atoms with Crippen molar-refractivity contribution >= 4 is 31.6 Å². The first-order valence-electron chi connectivity index (χ1n) is 8.37. The van der Waals surface area contributed by atoms with Gasteiger partial charge in [-0.1, -0.05) is 46.3 Å². The second-order valence-corrected chi connectivity index (χ2v) is 9.01. The normalized spacial score (nSPS) is 20.5. The Balaban J connectivity index is 1.75. The van der Waals surface area contributed by atoms with Gasteiger partial charge in [-0.25, -0.2) is 13.1 Å². The number of sulfonamides is 1. The lowest BCUT2D eigenvalue weighted by molar-refractivity contribution is 0.0767. The van der Waals surface area contributed by atoms with Gasteiger partial charge in [-0.15, -0.1) is 6.58 Å². The molecule has 26 heavy (non-hydrogen) atoms. The number of halogens is 1. The van der Waals surface area contributed by atoms with Gasteiger partial charge < -0.3 is 5.73 Å². The Morgan fingerprint density at radius 1 is 1.23 bits per heavy atom. The van der Waals surface area contributed by atoms with E-state index in [1.165, 1.54) is 11.6 Å². The van der Waals surface area contributed by atoms with E-state index in [0.717, 1.165) is 17.6 Å². The summed E-state index contributed by atoms with van der Waals surface area (Å²) in [5.41, 5.74) is 7.28. The van der Waals surface area contributed by atoms with Gasteiger partial charge in [0.05, 0.1) is 5.69 Å². The molecule has 2 aromatic rings. The molecule has 7 heteroatoms. The van der Waals surface area contributed by atoms with E-state index in [1.54, 1.807) is 18.2 Å². The number of nitrogen functional groups attached to an aromatic ring is 1. The Bertz CT molecular complexity index is 884. The summed E-state index contributed by atoms with van der Waals surface area (Å²) in [5, 5.41) is 0. The number of benzene rings is 2. The maximum Gasteiger partial charge on any atom is 0.242 e. The highest BCUT2D eigenvalue weighted by Gasteiger charge is 2.39. The molecular formula is C19H22BrN3O2S. The standard InChI is InChI=1S/C19H22BrN3O2S/c1-2-11-23-13-16(14-7-9-15(20)10-8-14)18(23)12-22-26(24,25)19-6-4-3-5-17(19)21/h2-10,16,18,22H,1,11-13,21H2/t16-,18+/m1/s1. The summed E-state index contributed by atoms with van der Waals surface area (Å²) in [6, 6.07) is 14.8. The first kappa shape index (κ1) is 19.1. The predicted molar refractivity (Wildman–Crippen MR) is 108 cm³/mol. The van der Waals surface area contributed by atoms with Gasteiger partial charge in [-0.05, 0) is 29.8 Å². The monoisotopic (exact) mass is 435 g/mol. The molecule has 3 rings (SSSR count). The molecule has 0 amide bonds. The van der Waals surface area contributed by atoms with Crippen LogP contribution in [-0.4, -0.2) is 39.0 Å². The number of nitrogens with zero attached hydrogens (tertiary/aromatic N) is 1. The molecule has 2 atom stereocenters. The summed E-state index contributed by atoms with van der Waals surface area (Å²) in [4.78, 5) is 2.34. The molecule has 0 aliphatic carbocycles. The van der Waals surface area contributed by atoms with Gasteiger partial charge in [0.25, 0.3) is 0 Å². The van der Waals surface area contributed by atoms with Gasteiger partial charge in [0.15, 0.2) is 0 Å². The lowest BCUT2D eigenvalue weighted by Crippen LogP contribution is -2.58. The number of rotatable bonds is 7. The van der Waals surface area contributed by atoms with Gasteiger partial charge in [0.2, 0.25) is 10.0 Å². The number of hydrogen-bond acceptors (Lipinski definition) is 4. The Labute approximate surface area is 163 Å². The summed E-state index contributed by atoms with van der Waals surface area (Å²) >= 11 is 3.45. The van der Waals surface area contributed by atoms with Crippen molar-refractivity contribution in [1.82, 2.24) is 9.62 Å². The summed E-state index contributed by atoms with van der Waals surface area (Å²) in [7, 11) is -3.65. The van der Waals surface area contributed by atoms with E-state index in [-0.39, 0.29) is 22.5 Å². The average molecular weight is 436 g/mol. The van der Waals surface area contributed by atoms with Crippen LogP contribution < -0.4 is 10.5 Å². The average Bonchev–Trinajstić information content (AvgIpc) is 2.59. The van der Waals surface area contributed by atoms with E-state index in [4.69, 9.17) is 5.73 Å². The minimum absolute atomic E-state index is 0.0777. The summed E-state index contributed by atoms with van der Waals surface area (Å²) < 4.78 is 29.0. The molecule has 1 saturated heterocycles. The third-order valence-corrected chi connectivity index (χ3v) is 6.74. The van der Waals surface area contributed by atoms with Crippen molar-refractivity contribution in [3.05, 3.63) is 71.2 Å². The maximum absolute atomic E-state index is 12.6. The van der Waals surface area contributed by atoms with Crippen LogP contribution in [0.3, 0.4) is 0 Å². The molecule has 2 aromatic carbocycles. The molecule has 1 aliphatic rings. The Morgan fingerprint density at radius 2 is 1.92 bits per heavy atom. The third-order valence-electron chi connectivity index (χ3n) is 4.72. The SMILES string of the molecule is C=CCN1C[C@H](c2ccc(Br)cc2)[C@@H]1CNS(=O)(=O)c1ccccc1N. The first-order valence-corrected chi connectivity index (χ1v) is 10.6. The quantitative estimate of drug-likeness (QED) is 0.517. The van der Waals surface area contributed by atoms with Crippen molar-refractivity contribution in [1.29, 1.82) is 0 Å². The van der Waals surface area contributed by atoms with Crippen LogP contribution in [0.5, 0.6) is 0 Å². The molecule has 0 unspecified atom stereocenters. The van der Waals surface area contributed by atoms with E-state index in [2.05, 4.69) is 44.3 Å². The second-order valence-electron chi connectivity index (χ2n) is 6.36. The van der Waals surface area contributed by atoms with Gasteiger partial charge in [-0.2, -0.15) is 0 Å². The molecule has 0 aromatic heterocycles. The zero-order valence-corrected chi connectivity index (χ0v) is 16.7. The fourth-order valence-corrected chi connectivity index (χ4v) is 4.76. The summed E-state index contributed by atoms with van der Waals surface area (Å²) in [6.07, 6.45) is 1.84. The molecule has 5 nitrogen and oxygen atoms in total. The second kappa shape index (κ2) is 7.92. The van der Waals surface area contributed by atoms with E-state index in [9.17, 15) is 8.42 Å². The van der Waals surface area contributed by atoms with Crippen LogP contribution in [-0.2, 0) is 10.0 Å². The van der Waals surface area contributed by atoms with Gasteiger partial charge in [0, 0.05) is 36.1 Å². The van der Waals surface area contributed by atoms with Gasteiger partial charge in [0.1, 0.15) is 4.90 Å². The molecule has 1 aliphatic heterocycles. The van der Waals surface area contributed by atoms with Gasteiger partial charge >= 0.3 is 0 Å². The number of anilines is 1. The van der Waals surface area contributed by atoms with Crippen molar-refractivity contribution in [2.24, 2.45) is 0 Å². The van der Waals surface area contributed by atoms with Crippen LogP contribution in [0.4, 0.5) is 5.69 Å². The number of likely N-dealkylation sites (tertiary alicyclic amines) is 1. The van der Waals surface area contributed by atoms with Crippen LogP contribution in [0.15, 0.2) is 70.6 Å². The zero-order valence-electron chi connectivity index (χ0n) is 14.3. The molecule has 1 heterocycles. The molecule has 0 saturated carbocycles. The van der Waals surface area contributed by atoms with Crippen LogP contribution in [0.1, 0.15) is 11.5 Å². The van der Waals surface area contributed by atoms with E-state index in [0.29, 0.717) is 6.54 Å². The van der Waals surface area contributed by atoms with Crippen molar-refractivity contribution < 1.29 is 8.42 Å². The Hall–Kier alpha value is -1.67. The minimum Gasteiger partial charge on any atom is -0.398 e.